The molecule has 0 heterocycles. The molecule has 0 fully saturated rings. The molecule has 0 saturated carbocycles. The van der Waals surface area contributed by atoms with Gasteiger partial charge < -0.3 is 14.6 Å². The highest BCUT2D eigenvalue weighted by Gasteiger charge is 2.19. The van der Waals surface area contributed by atoms with Crippen molar-refractivity contribution in [3.8, 4) is 11.5 Å². The van der Waals surface area contributed by atoms with Crippen LogP contribution in [0.2, 0.25) is 0 Å². The van der Waals surface area contributed by atoms with Crippen molar-refractivity contribution in [3.05, 3.63) is 17.7 Å². The van der Waals surface area contributed by atoms with Crippen LogP contribution in [0.4, 0.5) is 10.5 Å². The van der Waals surface area contributed by atoms with Crippen molar-refractivity contribution in [2.24, 2.45) is 0 Å². The standard InChI is InChI=1S/C14H21NO4/c1-5-18-11-8-7-10(15-14(16)17)12(9(3)4)13(11)19-6-2/h7-9,15H,5-6H2,1-4H3,(H,16,17). The third kappa shape index (κ3) is 3.77. The van der Waals surface area contributed by atoms with Crippen molar-refractivity contribution >= 4 is 11.8 Å². The van der Waals surface area contributed by atoms with E-state index in [4.69, 9.17) is 14.6 Å². The van der Waals surface area contributed by atoms with Crippen LogP contribution >= 0.6 is 0 Å². The lowest BCUT2D eigenvalue weighted by atomic mass is 9.99. The van der Waals surface area contributed by atoms with Gasteiger partial charge in [-0.1, -0.05) is 13.8 Å². The molecule has 19 heavy (non-hydrogen) atoms. The van der Waals surface area contributed by atoms with Gasteiger partial charge in [-0.2, -0.15) is 0 Å². The van der Waals surface area contributed by atoms with E-state index in [-0.39, 0.29) is 5.92 Å². The number of ether oxygens (including phenoxy) is 2. The predicted octanol–water partition coefficient (Wildman–Crippen LogP) is 3.70. The van der Waals surface area contributed by atoms with Crippen molar-refractivity contribution < 1.29 is 19.4 Å². The molecule has 106 valence electrons. The molecule has 0 atom stereocenters. The van der Waals surface area contributed by atoms with Gasteiger partial charge in [0.15, 0.2) is 11.5 Å². The third-order valence-corrected chi connectivity index (χ3v) is 2.57. The summed E-state index contributed by atoms with van der Waals surface area (Å²) in [5.41, 5.74) is 1.35. The Hall–Kier alpha value is -1.91. The first-order chi connectivity index (χ1) is 9.01. The van der Waals surface area contributed by atoms with Crippen LogP contribution in [-0.2, 0) is 0 Å². The monoisotopic (exact) mass is 267 g/mol. The number of benzene rings is 1. The molecule has 1 amide bonds. The Morgan fingerprint density at radius 3 is 2.37 bits per heavy atom. The molecule has 0 aliphatic rings. The Kier molecular flexibility index (Phi) is 5.48. The van der Waals surface area contributed by atoms with Gasteiger partial charge in [0.1, 0.15) is 0 Å². The van der Waals surface area contributed by atoms with Gasteiger partial charge in [-0.15, -0.1) is 0 Å². The zero-order valence-corrected chi connectivity index (χ0v) is 11.8. The summed E-state index contributed by atoms with van der Waals surface area (Å²) in [6.07, 6.45) is -1.09. The highest BCUT2D eigenvalue weighted by molar-refractivity contribution is 5.85. The molecule has 5 nitrogen and oxygen atoms in total. The van der Waals surface area contributed by atoms with E-state index >= 15 is 0 Å². The normalized spacial score (nSPS) is 10.4. The number of hydrogen-bond acceptors (Lipinski definition) is 3. The predicted molar refractivity (Wildman–Crippen MR) is 74.5 cm³/mol. The molecule has 1 rings (SSSR count). The summed E-state index contributed by atoms with van der Waals surface area (Å²) < 4.78 is 11.2. The van der Waals surface area contributed by atoms with Gasteiger partial charge in [-0.05, 0) is 31.9 Å². The van der Waals surface area contributed by atoms with Crippen molar-refractivity contribution in [3.63, 3.8) is 0 Å². The Morgan fingerprint density at radius 2 is 1.89 bits per heavy atom. The average molecular weight is 267 g/mol. The van der Waals surface area contributed by atoms with E-state index in [0.29, 0.717) is 30.4 Å². The minimum Gasteiger partial charge on any atom is -0.490 e. The smallest absolute Gasteiger partial charge is 0.409 e. The molecule has 0 aromatic heterocycles. The molecule has 0 spiro atoms. The summed E-state index contributed by atoms with van der Waals surface area (Å²) >= 11 is 0. The zero-order chi connectivity index (χ0) is 14.4. The lowest BCUT2D eigenvalue weighted by Gasteiger charge is -2.20. The van der Waals surface area contributed by atoms with Gasteiger partial charge in [0.2, 0.25) is 0 Å². The lowest BCUT2D eigenvalue weighted by molar-refractivity contribution is 0.209. The number of nitrogens with one attached hydrogen (secondary N) is 1. The van der Waals surface area contributed by atoms with Gasteiger partial charge >= 0.3 is 6.09 Å². The summed E-state index contributed by atoms with van der Waals surface area (Å²) in [7, 11) is 0. The van der Waals surface area contributed by atoms with Crippen molar-refractivity contribution in [1.29, 1.82) is 0 Å². The largest absolute Gasteiger partial charge is 0.490 e. The van der Waals surface area contributed by atoms with Crippen LogP contribution in [0, 0.1) is 0 Å². The highest BCUT2D eigenvalue weighted by Crippen LogP contribution is 2.41. The quantitative estimate of drug-likeness (QED) is 0.824. The van der Waals surface area contributed by atoms with Gasteiger partial charge in [-0.25, -0.2) is 4.79 Å². The first kappa shape index (κ1) is 15.1. The van der Waals surface area contributed by atoms with Crippen LogP contribution < -0.4 is 14.8 Å². The van der Waals surface area contributed by atoms with Crippen LogP contribution in [0.15, 0.2) is 12.1 Å². The second-order valence-electron chi connectivity index (χ2n) is 4.30. The number of carbonyl (C=O) groups is 1. The molecule has 1 aromatic rings. The van der Waals surface area contributed by atoms with Crippen LogP contribution in [0.1, 0.15) is 39.2 Å². The molecule has 1 aromatic carbocycles. The Labute approximate surface area is 113 Å². The first-order valence-electron chi connectivity index (χ1n) is 6.43. The third-order valence-electron chi connectivity index (χ3n) is 2.57. The Balaban J connectivity index is 3.34. The maximum atomic E-state index is 10.8. The van der Waals surface area contributed by atoms with E-state index in [1.54, 1.807) is 12.1 Å². The fourth-order valence-electron chi connectivity index (χ4n) is 1.94. The van der Waals surface area contributed by atoms with Gasteiger partial charge in [0.25, 0.3) is 0 Å². The number of hydrogen-bond donors (Lipinski definition) is 2. The molecule has 5 heteroatoms. The average Bonchev–Trinajstić information content (AvgIpc) is 2.31. The molecule has 2 N–H and O–H groups in total. The molecule has 0 saturated heterocycles. The molecule has 0 bridgehead atoms. The second-order valence-corrected chi connectivity index (χ2v) is 4.30. The lowest BCUT2D eigenvalue weighted by Crippen LogP contribution is -2.12. The maximum absolute atomic E-state index is 10.8. The van der Waals surface area contributed by atoms with Crippen molar-refractivity contribution in [2.75, 3.05) is 18.5 Å². The fourth-order valence-corrected chi connectivity index (χ4v) is 1.94. The SMILES string of the molecule is CCOc1ccc(NC(=O)O)c(C(C)C)c1OCC. The minimum atomic E-state index is -1.09. The fraction of sp³-hybridized carbons (Fsp3) is 0.500. The second kappa shape index (κ2) is 6.87. The number of anilines is 1. The van der Waals surface area contributed by atoms with Crippen molar-refractivity contribution in [1.82, 2.24) is 0 Å². The van der Waals surface area contributed by atoms with Crippen LogP contribution in [0.3, 0.4) is 0 Å². The van der Waals surface area contributed by atoms with E-state index in [1.807, 2.05) is 27.7 Å². The molecule has 0 unspecified atom stereocenters. The first-order valence-corrected chi connectivity index (χ1v) is 6.43. The van der Waals surface area contributed by atoms with Crippen LogP contribution in [-0.4, -0.2) is 24.4 Å². The summed E-state index contributed by atoms with van der Waals surface area (Å²) in [5.74, 6) is 1.37. The van der Waals surface area contributed by atoms with E-state index < -0.39 is 6.09 Å². The molecular formula is C14H21NO4. The number of carboxylic acid groups (broad SMARTS) is 1. The molecule has 0 radical (unpaired) electrons. The van der Waals surface area contributed by atoms with Gasteiger partial charge in [-0.3, -0.25) is 5.32 Å². The van der Waals surface area contributed by atoms with E-state index in [0.717, 1.165) is 5.56 Å². The van der Waals surface area contributed by atoms with E-state index in [1.165, 1.54) is 0 Å². The van der Waals surface area contributed by atoms with Crippen molar-refractivity contribution in [2.45, 2.75) is 33.6 Å². The Bertz CT molecular complexity index is 443. The Morgan fingerprint density at radius 1 is 1.26 bits per heavy atom. The molecule has 0 aliphatic carbocycles. The zero-order valence-electron chi connectivity index (χ0n) is 11.8. The highest BCUT2D eigenvalue weighted by atomic mass is 16.5. The minimum absolute atomic E-state index is 0.115. The van der Waals surface area contributed by atoms with Gasteiger partial charge in [0, 0.05) is 5.56 Å². The summed E-state index contributed by atoms with van der Waals surface area (Å²) in [6.45, 7) is 8.78. The van der Waals surface area contributed by atoms with Gasteiger partial charge in [0.05, 0.1) is 18.9 Å². The number of rotatable bonds is 6. The summed E-state index contributed by atoms with van der Waals surface area (Å²) in [5, 5.41) is 11.3. The van der Waals surface area contributed by atoms with Crippen LogP contribution in [0.5, 0.6) is 11.5 Å². The van der Waals surface area contributed by atoms with Crippen LogP contribution in [0.25, 0.3) is 0 Å². The van der Waals surface area contributed by atoms with E-state index in [9.17, 15) is 4.79 Å². The topological polar surface area (TPSA) is 67.8 Å². The van der Waals surface area contributed by atoms with E-state index in [2.05, 4.69) is 5.32 Å². The summed E-state index contributed by atoms with van der Waals surface area (Å²) in [4.78, 5) is 10.8. The molecule has 0 aliphatic heterocycles. The summed E-state index contributed by atoms with van der Waals surface area (Å²) in [6, 6.07) is 3.43. The number of amides is 1. The molecular weight excluding hydrogens is 246 g/mol. The maximum Gasteiger partial charge on any atom is 0.409 e.